The van der Waals surface area contributed by atoms with Crippen LogP contribution >= 0.6 is 0 Å². The van der Waals surface area contributed by atoms with Crippen LogP contribution < -0.4 is 0 Å². The van der Waals surface area contributed by atoms with Gasteiger partial charge < -0.3 is 4.74 Å². The highest BCUT2D eigenvalue weighted by Gasteiger charge is 2.28. The summed E-state index contributed by atoms with van der Waals surface area (Å²) in [4.78, 5) is 10.1. The lowest BCUT2D eigenvalue weighted by atomic mass is 10.4. The molecule has 0 aromatic carbocycles. The third kappa shape index (κ3) is 1.26. The van der Waals surface area contributed by atoms with Gasteiger partial charge in [0.2, 0.25) is 0 Å². The van der Waals surface area contributed by atoms with E-state index in [9.17, 15) is 4.91 Å². The molecule has 10 heavy (non-hydrogen) atoms. The van der Waals surface area contributed by atoms with Gasteiger partial charge in [0.25, 0.3) is 0 Å². The van der Waals surface area contributed by atoms with E-state index in [-0.39, 0.29) is 12.3 Å². The Bertz CT molecular complexity index is 129. The molecule has 2 atom stereocenters. The molecule has 0 spiro atoms. The lowest BCUT2D eigenvalue weighted by Crippen LogP contribution is -2.23. The summed E-state index contributed by atoms with van der Waals surface area (Å²) in [6.45, 7) is 4.54. The fourth-order valence-electron chi connectivity index (χ4n) is 1.16. The minimum Gasteiger partial charge on any atom is -0.352 e. The van der Waals surface area contributed by atoms with Crippen molar-refractivity contribution in [3.8, 4) is 0 Å². The molecule has 0 aromatic heterocycles. The summed E-state index contributed by atoms with van der Waals surface area (Å²) >= 11 is 0. The molecule has 0 saturated carbocycles. The van der Waals surface area contributed by atoms with Gasteiger partial charge in [-0.15, -0.1) is 4.91 Å². The summed E-state index contributed by atoms with van der Waals surface area (Å²) < 4.78 is 5.35. The Morgan fingerprint density at radius 1 is 1.80 bits per heavy atom. The molecule has 4 heteroatoms. The van der Waals surface area contributed by atoms with Gasteiger partial charge in [0, 0.05) is 0 Å². The zero-order valence-electron chi connectivity index (χ0n) is 6.28. The van der Waals surface area contributed by atoms with Crippen LogP contribution in [0.5, 0.6) is 0 Å². The summed E-state index contributed by atoms with van der Waals surface area (Å²) in [5.41, 5.74) is 0. The lowest BCUT2D eigenvalue weighted by molar-refractivity contribution is 0.00410. The maximum Gasteiger partial charge on any atom is 0.149 e. The van der Waals surface area contributed by atoms with Crippen LogP contribution in [0.3, 0.4) is 0 Å². The highest BCUT2D eigenvalue weighted by Crippen LogP contribution is 2.17. The first-order chi connectivity index (χ1) is 4.77. The van der Waals surface area contributed by atoms with E-state index in [2.05, 4.69) is 5.29 Å². The SMILES string of the molecule is CCC1OC(C)CN1N=O. The van der Waals surface area contributed by atoms with Crippen LogP contribution in [0, 0.1) is 4.91 Å². The second-order valence-corrected chi connectivity index (χ2v) is 2.51. The molecule has 0 N–H and O–H groups in total. The first-order valence-corrected chi connectivity index (χ1v) is 3.53. The van der Waals surface area contributed by atoms with Crippen LogP contribution in [-0.2, 0) is 4.74 Å². The Kier molecular flexibility index (Phi) is 2.21. The number of hydrogen-bond donors (Lipinski definition) is 0. The molecular weight excluding hydrogens is 132 g/mol. The molecule has 0 amide bonds. The average Bonchev–Trinajstić information content (AvgIpc) is 2.30. The second kappa shape index (κ2) is 2.96. The van der Waals surface area contributed by atoms with E-state index in [0.717, 1.165) is 6.42 Å². The minimum atomic E-state index is -0.0903. The standard InChI is InChI=1S/C6H12N2O2/c1-3-6-8(7-9)4-5(2)10-6/h5-6H,3-4H2,1-2H3. The lowest BCUT2D eigenvalue weighted by Gasteiger charge is -2.12. The van der Waals surface area contributed by atoms with Crippen LogP contribution in [0.4, 0.5) is 0 Å². The average molecular weight is 144 g/mol. The minimum absolute atomic E-state index is 0.0903. The van der Waals surface area contributed by atoms with Crippen LogP contribution in [-0.4, -0.2) is 23.9 Å². The van der Waals surface area contributed by atoms with Gasteiger partial charge in [0.1, 0.15) is 6.23 Å². The summed E-state index contributed by atoms with van der Waals surface area (Å²) in [5, 5.41) is 4.30. The Balaban J connectivity index is 2.48. The van der Waals surface area contributed by atoms with Crippen LogP contribution in [0.1, 0.15) is 20.3 Å². The van der Waals surface area contributed by atoms with Gasteiger partial charge in [-0.2, -0.15) is 0 Å². The first kappa shape index (κ1) is 7.47. The maximum absolute atomic E-state index is 10.1. The van der Waals surface area contributed by atoms with Crippen molar-refractivity contribution in [3.63, 3.8) is 0 Å². The molecule has 0 bridgehead atoms. The molecule has 1 saturated heterocycles. The van der Waals surface area contributed by atoms with Gasteiger partial charge in [-0.1, -0.05) is 6.92 Å². The highest BCUT2D eigenvalue weighted by atomic mass is 16.5. The molecule has 0 aliphatic carbocycles. The van der Waals surface area contributed by atoms with Crippen LogP contribution in [0.25, 0.3) is 0 Å². The number of nitrogens with zero attached hydrogens (tertiary/aromatic N) is 2. The van der Waals surface area contributed by atoms with Gasteiger partial charge >= 0.3 is 0 Å². The molecule has 1 heterocycles. The number of rotatable bonds is 2. The van der Waals surface area contributed by atoms with Gasteiger partial charge in [0.15, 0.2) is 0 Å². The van der Waals surface area contributed by atoms with Crippen molar-refractivity contribution in [3.05, 3.63) is 4.91 Å². The van der Waals surface area contributed by atoms with Crippen molar-refractivity contribution in [2.75, 3.05) is 6.54 Å². The van der Waals surface area contributed by atoms with E-state index in [1.807, 2.05) is 13.8 Å². The Morgan fingerprint density at radius 3 is 2.90 bits per heavy atom. The van der Waals surface area contributed by atoms with E-state index in [0.29, 0.717) is 6.54 Å². The Hall–Kier alpha value is -0.640. The smallest absolute Gasteiger partial charge is 0.149 e. The van der Waals surface area contributed by atoms with Crippen molar-refractivity contribution >= 4 is 0 Å². The van der Waals surface area contributed by atoms with Gasteiger partial charge in [0.05, 0.1) is 17.9 Å². The van der Waals surface area contributed by atoms with E-state index < -0.39 is 0 Å². The van der Waals surface area contributed by atoms with E-state index >= 15 is 0 Å². The fourth-order valence-corrected chi connectivity index (χ4v) is 1.16. The van der Waals surface area contributed by atoms with E-state index in [1.165, 1.54) is 5.01 Å². The monoisotopic (exact) mass is 144 g/mol. The molecular formula is C6H12N2O2. The molecule has 1 aliphatic rings. The molecule has 0 aromatic rings. The first-order valence-electron chi connectivity index (χ1n) is 3.53. The quantitative estimate of drug-likeness (QED) is 0.545. The Labute approximate surface area is 60.1 Å². The van der Waals surface area contributed by atoms with Gasteiger partial charge in [-0.25, -0.2) is 5.01 Å². The van der Waals surface area contributed by atoms with Crippen LogP contribution in [0.2, 0.25) is 0 Å². The van der Waals surface area contributed by atoms with Gasteiger partial charge in [-0.3, -0.25) is 0 Å². The topological polar surface area (TPSA) is 41.9 Å². The largest absolute Gasteiger partial charge is 0.352 e. The van der Waals surface area contributed by atoms with Crippen molar-refractivity contribution in [2.45, 2.75) is 32.6 Å². The van der Waals surface area contributed by atoms with Crippen LogP contribution in [0.15, 0.2) is 5.29 Å². The number of hydrogen-bond acceptors (Lipinski definition) is 3. The van der Waals surface area contributed by atoms with Gasteiger partial charge in [-0.05, 0) is 13.3 Å². The molecule has 58 valence electrons. The molecule has 4 nitrogen and oxygen atoms in total. The summed E-state index contributed by atoms with van der Waals surface area (Å²) in [5.74, 6) is 0. The molecule has 2 unspecified atom stereocenters. The zero-order valence-corrected chi connectivity index (χ0v) is 6.28. The molecule has 1 rings (SSSR count). The summed E-state index contributed by atoms with van der Waals surface area (Å²) in [6, 6.07) is 0. The predicted octanol–water partition coefficient (Wildman–Crippen LogP) is 1.12. The number of nitroso groups, excluding NO2 is 1. The maximum atomic E-state index is 10.1. The molecule has 1 fully saturated rings. The number of ether oxygens (including phenoxy) is 1. The third-order valence-corrected chi connectivity index (χ3v) is 1.62. The summed E-state index contributed by atoms with van der Waals surface area (Å²) in [6.07, 6.45) is 0.867. The fraction of sp³-hybridized carbons (Fsp3) is 1.00. The molecule has 0 radical (unpaired) electrons. The second-order valence-electron chi connectivity index (χ2n) is 2.51. The Morgan fingerprint density at radius 2 is 2.50 bits per heavy atom. The predicted molar refractivity (Wildman–Crippen MR) is 37.1 cm³/mol. The highest BCUT2D eigenvalue weighted by molar-refractivity contribution is 4.70. The van der Waals surface area contributed by atoms with Crippen molar-refractivity contribution < 1.29 is 4.74 Å². The van der Waals surface area contributed by atoms with E-state index in [1.54, 1.807) is 0 Å². The van der Waals surface area contributed by atoms with Crippen molar-refractivity contribution in [1.82, 2.24) is 5.01 Å². The molecule has 1 aliphatic heterocycles. The van der Waals surface area contributed by atoms with E-state index in [4.69, 9.17) is 4.74 Å². The summed E-state index contributed by atoms with van der Waals surface area (Å²) in [7, 11) is 0. The third-order valence-electron chi connectivity index (χ3n) is 1.62. The normalized spacial score (nSPS) is 32.8. The van der Waals surface area contributed by atoms with Crippen molar-refractivity contribution in [1.29, 1.82) is 0 Å². The zero-order chi connectivity index (χ0) is 7.56. The van der Waals surface area contributed by atoms with Crippen molar-refractivity contribution in [2.24, 2.45) is 5.29 Å².